The number of rotatable bonds is 9. The highest BCUT2D eigenvalue weighted by molar-refractivity contribution is 14.1. The van der Waals surface area contributed by atoms with Crippen molar-refractivity contribution < 1.29 is 4.74 Å². The predicted molar refractivity (Wildman–Crippen MR) is 92.4 cm³/mol. The third kappa shape index (κ3) is 6.46. The maximum absolute atomic E-state index is 6.24. The zero-order valence-corrected chi connectivity index (χ0v) is 14.8. The smallest absolute Gasteiger partial charge is 0.0932 e. The summed E-state index contributed by atoms with van der Waals surface area (Å²) in [6, 6.07) is 7.99. The van der Waals surface area contributed by atoms with E-state index < -0.39 is 0 Å². The Kier molecular flexibility index (Phi) is 9.08. The molecule has 0 N–H and O–H groups in total. The number of halogens is 2. The molecule has 0 saturated heterocycles. The van der Waals surface area contributed by atoms with Crippen LogP contribution in [0.1, 0.15) is 57.6 Å². The molecule has 2 unspecified atom stereocenters. The molecule has 0 aliphatic carbocycles. The van der Waals surface area contributed by atoms with Gasteiger partial charge in [-0.1, -0.05) is 85.0 Å². The van der Waals surface area contributed by atoms with Gasteiger partial charge in [-0.2, -0.15) is 0 Å². The van der Waals surface area contributed by atoms with Crippen LogP contribution in [0, 0.1) is 0 Å². The van der Waals surface area contributed by atoms with Crippen LogP contribution >= 0.6 is 34.2 Å². The van der Waals surface area contributed by atoms with Gasteiger partial charge in [0.05, 0.1) is 12.2 Å². The van der Waals surface area contributed by atoms with Gasteiger partial charge in [-0.15, -0.1) is 0 Å². The summed E-state index contributed by atoms with van der Waals surface area (Å²) in [5.41, 5.74) is 1.11. The fraction of sp³-hybridized carbons (Fsp3) is 0.625. The number of benzene rings is 1. The summed E-state index contributed by atoms with van der Waals surface area (Å²) in [6.45, 7) is 4.41. The summed E-state index contributed by atoms with van der Waals surface area (Å²) in [6.07, 6.45) is 6.72. The highest BCUT2D eigenvalue weighted by Crippen LogP contribution is 2.29. The van der Waals surface area contributed by atoms with Gasteiger partial charge >= 0.3 is 0 Å². The van der Waals surface area contributed by atoms with E-state index in [9.17, 15) is 0 Å². The van der Waals surface area contributed by atoms with Gasteiger partial charge in [0.15, 0.2) is 0 Å². The molecule has 0 aromatic heterocycles. The van der Waals surface area contributed by atoms with E-state index in [0.29, 0.717) is 6.10 Å². The summed E-state index contributed by atoms with van der Waals surface area (Å²) >= 11 is 8.61. The molecular weight excluding hydrogens is 371 g/mol. The lowest BCUT2D eigenvalue weighted by Crippen LogP contribution is -2.15. The molecule has 0 spiro atoms. The van der Waals surface area contributed by atoms with Crippen LogP contribution in [0.2, 0.25) is 5.02 Å². The summed E-state index contributed by atoms with van der Waals surface area (Å²) in [7, 11) is 0. The number of alkyl halides is 1. The molecule has 2 atom stereocenters. The monoisotopic (exact) mass is 394 g/mol. The molecule has 0 amide bonds. The topological polar surface area (TPSA) is 9.23 Å². The molecule has 1 aromatic carbocycles. The third-order valence-corrected chi connectivity index (χ3v) is 4.40. The highest BCUT2D eigenvalue weighted by Gasteiger charge is 2.16. The Morgan fingerprint density at radius 3 is 2.58 bits per heavy atom. The fourth-order valence-electron chi connectivity index (χ4n) is 2.14. The quantitative estimate of drug-likeness (QED) is 0.275. The van der Waals surface area contributed by atoms with Crippen LogP contribution in [0.5, 0.6) is 0 Å². The van der Waals surface area contributed by atoms with Gasteiger partial charge in [0.25, 0.3) is 0 Å². The van der Waals surface area contributed by atoms with Gasteiger partial charge in [0.1, 0.15) is 0 Å². The van der Waals surface area contributed by atoms with E-state index in [4.69, 9.17) is 16.3 Å². The summed E-state index contributed by atoms with van der Waals surface area (Å²) in [4.78, 5) is 0. The van der Waals surface area contributed by atoms with Crippen molar-refractivity contribution in [2.75, 3.05) is 4.43 Å². The Morgan fingerprint density at radius 2 is 1.95 bits per heavy atom. The van der Waals surface area contributed by atoms with Crippen LogP contribution < -0.4 is 0 Å². The molecule has 108 valence electrons. The van der Waals surface area contributed by atoms with Gasteiger partial charge in [0, 0.05) is 15.0 Å². The number of hydrogen-bond acceptors (Lipinski definition) is 1. The maximum atomic E-state index is 6.24. The van der Waals surface area contributed by atoms with Crippen molar-refractivity contribution in [1.82, 2.24) is 0 Å². The summed E-state index contributed by atoms with van der Waals surface area (Å²) < 4.78 is 7.09. The van der Waals surface area contributed by atoms with E-state index >= 15 is 0 Å². The maximum Gasteiger partial charge on any atom is 0.0932 e. The highest BCUT2D eigenvalue weighted by atomic mass is 127. The van der Waals surface area contributed by atoms with Crippen molar-refractivity contribution in [3.63, 3.8) is 0 Å². The molecule has 0 radical (unpaired) electrons. The standard InChI is InChI=1S/C16H24ClIO/c1-3-4-5-6-9-13(2)19-16(12-18)14-10-7-8-11-15(14)17/h7-8,10-11,13,16H,3-6,9,12H2,1-2H3. The van der Waals surface area contributed by atoms with E-state index in [1.807, 2.05) is 18.2 Å². The fourth-order valence-corrected chi connectivity index (χ4v) is 3.08. The van der Waals surface area contributed by atoms with Crippen molar-refractivity contribution in [2.24, 2.45) is 0 Å². The molecule has 3 heteroatoms. The van der Waals surface area contributed by atoms with Gasteiger partial charge in [-0.3, -0.25) is 0 Å². The van der Waals surface area contributed by atoms with E-state index in [0.717, 1.165) is 21.4 Å². The second kappa shape index (κ2) is 10.0. The van der Waals surface area contributed by atoms with Crippen molar-refractivity contribution in [1.29, 1.82) is 0 Å². The lowest BCUT2D eigenvalue weighted by Gasteiger charge is -2.22. The minimum Gasteiger partial charge on any atom is -0.370 e. The zero-order chi connectivity index (χ0) is 14.1. The van der Waals surface area contributed by atoms with Gasteiger partial charge < -0.3 is 4.74 Å². The molecule has 0 saturated carbocycles. The lowest BCUT2D eigenvalue weighted by molar-refractivity contribution is 0.00589. The predicted octanol–water partition coefficient (Wildman–Crippen LogP) is 6.19. The molecule has 0 bridgehead atoms. The third-order valence-electron chi connectivity index (χ3n) is 3.25. The molecule has 0 aliphatic heterocycles. The molecular formula is C16H24ClIO. The average molecular weight is 395 g/mol. The normalized spacial score (nSPS) is 14.3. The minimum atomic E-state index is 0.107. The molecule has 1 rings (SSSR count). The van der Waals surface area contributed by atoms with Crippen LogP contribution in [0.25, 0.3) is 0 Å². The molecule has 0 fully saturated rings. The molecule has 0 aliphatic rings. The second-order valence-corrected chi connectivity index (χ2v) is 6.25. The van der Waals surface area contributed by atoms with Crippen LogP contribution in [0.15, 0.2) is 24.3 Å². The first kappa shape index (κ1) is 17.3. The first-order valence-corrected chi connectivity index (χ1v) is 9.05. The Bertz CT molecular complexity index is 356. The van der Waals surface area contributed by atoms with Gasteiger partial charge in [-0.05, 0) is 19.4 Å². The zero-order valence-electron chi connectivity index (χ0n) is 11.9. The van der Waals surface area contributed by atoms with Crippen LogP contribution in [0.4, 0.5) is 0 Å². The molecule has 19 heavy (non-hydrogen) atoms. The molecule has 0 heterocycles. The van der Waals surface area contributed by atoms with E-state index in [-0.39, 0.29) is 6.10 Å². The Hall–Kier alpha value is 0.200. The van der Waals surface area contributed by atoms with E-state index in [1.54, 1.807) is 0 Å². The summed E-state index contributed by atoms with van der Waals surface area (Å²) in [5, 5.41) is 0.808. The first-order valence-electron chi connectivity index (χ1n) is 7.14. The molecule has 1 aromatic rings. The molecule has 1 nitrogen and oxygen atoms in total. The van der Waals surface area contributed by atoms with Crippen molar-refractivity contribution in [3.8, 4) is 0 Å². The first-order chi connectivity index (χ1) is 9.19. The lowest BCUT2D eigenvalue weighted by atomic mass is 10.1. The minimum absolute atomic E-state index is 0.107. The Balaban J connectivity index is 2.46. The van der Waals surface area contributed by atoms with Gasteiger partial charge in [-0.25, -0.2) is 0 Å². The summed E-state index contributed by atoms with van der Waals surface area (Å²) in [5.74, 6) is 0. The van der Waals surface area contributed by atoms with Crippen molar-refractivity contribution >= 4 is 34.2 Å². The number of ether oxygens (including phenoxy) is 1. The van der Waals surface area contributed by atoms with Gasteiger partial charge in [0.2, 0.25) is 0 Å². The van der Waals surface area contributed by atoms with Crippen LogP contribution in [0.3, 0.4) is 0 Å². The van der Waals surface area contributed by atoms with Crippen molar-refractivity contribution in [2.45, 2.75) is 58.2 Å². The SMILES string of the molecule is CCCCCCC(C)OC(CI)c1ccccc1Cl. The largest absolute Gasteiger partial charge is 0.370 e. The van der Waals surface area contributed by atoms with Crippen molar-refractivity contribution in [3.05, 3.63) is 34.9 Å². The Morgan fingerprint density at radius 1 is 1.21 bits per heavy atom. The second-order valence-electron chi connectivity index (χ2n) is 4.96. The van der Waals surface area contributed by atoms with E-state index in [2.05, 4.69) is 42.5 Å². The average Bonchev–Trinajstić information content (AvgIpc) is 2.42. The Labute approximate surface area is 136 Å². The number of hydrogen-bond donors (Lipinski definition) is 0. The van der Waals surface area contributed by atoms with Crippen LogP contribution in [-0.4, -0.2) is 10.5 Å². The number of unbranched alkanes of at least 4 members (excludes halogenated alkanes) is 3. The van der Waals surface area contributed by atoms with Crippen LogP contribution in [-0.2, 0) is 4.74 Å². The van der Waals surface area contributed by atoms with E-state index in [1.165, 1.54) is 25.7 Å².